The first-order chi connectivity index (χ1) is 11.5. The monoisotopic (exact) mass is 339 g/mol. The van der Waals surface area contributed by atoms with Crippen LogP contribution in [-0.2, 0) is 6.42 Å². The van der Waals surface area contributed by atoms with E-state index in [1.165, 1.54) is 4.88 Å². The molecular weight excluding hydrogens is 318 g/mol. The average molecular weight is 339 g/mol. The Kier molecular flexibility index (Phi) is 4.33. The van der Waals surface area contributed by atoms with Gasteiger partial charge in [0.05, 0.1) is 36.7 Å². The number of nitriles is 1. The highest BCUT2D eigenvalue weighted by molar-refractivity contribution is 7.17. The smallest absolute Gasteiger partial charge is 0.194 e. The first kappa shape index (κ1) is 16.5. The summed E-state index contributed by atoms with van der Waals surface area (Å²) in [5, 5.41) is 9.28. The maximum absolute atomic E-state index is 9.28. The molecule has 3 aromatic rings. The van der Waals surface area contributed by atoms with E-state index in [1.54, 1.807) is 18.4 Å². The van der Waals surface area contributed by atoms with Crippen LogP contribution in [0.2, 0.25) is 0 Å². The van der Waals surface area contributed by atoms with Gasteiger partial charge in [-0.1, -0.05) is 13.8 Å². The molecule has 0 aliphatic rings. The second-order valence-electron chi connectivity index (χ2n) is 6.24. The summed E-state index contributed by atoms with van der Waals surface area (Å²) in [5.74, 6) is 1.18. The molecule has 0 spiro atoms. The molecule has 4 nitrogen and oxygen atoms in total. The highest BCUT2D eigenvalue weighted by atomic mass is 32.1. The van der Waals surface area contributed by atoms with Gasteiger partial charge in [-0.25, -0.2) is 4.98 Å². The summed E-state index contributed by atoms with van der Waals surface area (Å²) in [6.45, 7) is 8.40. The lowest BCUT2D eigenvalue weighted by Crippen LogP contribution is -2.00. The number of aromatic nitrogens is 2. The van der Waals surface area contributed by atoms with Crippen molar-refractivity contribution in [1.82, 2.24) is 9.38 Å². The number of hydrogen-bond donors (Lipinski definition) is 0. The summed E-state index contributed by atoms with van der Waals surface area (Å²) < 4.78 is 7.54. The minimum Gasteiger partial charge on any atom is -0.496 e. The van der Waals surface area contributed by atoms with Crippen LogP contribution in [0.5, 0.6) is 5.75 Å². The van der Waals surface area contributed by atoms with Crippen molar-refractivity contribution in [3.63, 3.8) is 0 Å². The molecule has 2 aromatic heterocycles. The van der Waals surface area contributed by atoms with Gasteiger partial charge >= 0.3 is 0 Å². The van der Waals surface area contributed by atoms with Crippen molar-refractivity contribution in [2.75, 3.05) is 7.11 Å². The Balaban J connectivity index is 2.29. The molecule has 0 bridgehead atoms. The van der Waals surface area contributed by atoms with Crippen LogP contribution in [0.15, 0.2) is 18.2 Å². The molecular formula is C19H21N3OS. The standard InChI is InChI=1S/C19H21N3OS/c1-11(2)17-15(8-9-20)22-18(13(4)24-19(22)21-17)14-6-7-16(23-5)12(3)10-14/h6-7,10-11H,8H2,1-5H3. The lowest BCUT2D eigenvalue weighted by atomic mass is 10.1. The molecule has 0 N–H and O–H groups in total. The molecule has 0 radical (unpaired) electrons. The molecule has 0 saturated heterocycles. The molecule has 3 rings (SSSR count). The number of nitrogens with zero attached hydrogens (tertiary/aromatic N) is 3. The summed E-state index contributed by atoms with van der Waals surface area (Å²) in [5.41, 5.74) is 5.39. The summed E-state index contributed by atoms with van der Waals surface area (Å²) in [7, 11) is 1.69. The van der Waals surface area contributed by atoms with Crippen LogP contribution in [0.25, 0.3) is 16.2 Å². The van der Waals surface area contributed by atoms with Gasteiger partial charge in [-0.05, 0) is 43.5 Å². The Hall–Kier alpha value is -2.32. The lowest BCUT2D eigenvalue weighted by Gasteiger charge is -2.10. The van der Waals surface area contributed by atoms with Gasteiger partial charge in [0.2, 0.25) is 0 Å². The first-order valence-corrected chi connectivity index (χ1v) is 8.82. The van der Waals surface area contributed by atoms with E-state index in [-0.39, 0.29) is 0 Å². The van der Waals surface area contributed by atoms with Crippen molar-refractivity contribution in [2.45, 2.75) is 40.0 Å². The number of benzene rings is 1. The average Bonchev–Trinajstić information content (AvgIpc) is 3.03. The van der Waals surface area contributed by atoms with E-state index in [0.29, 0.717) is 12.3 Å². The van der Waals surface area contributed by atoms with E-state index >= 15 is 0 Å². The van der Waals surface area contributed by atoms with E-state index in [1.807, 2.05) is 13.0 Å². The number of methoxy groups -OCH3 is 1. The van der Waals surface area contributed by atoms with Crippen LogP contribution >= 0.6 is 11.3 Å². The van der Waals surface area contributed by atoms with Crippen LogP contribution in [0.3, 0.4) is 0 Å². The molecule has 0 fully saturated rings. The topological polar surface area (TPSA) is 50.3 Å². The zero-order valence-electron chi connectivity index (χ0n) is 14.7. The molecule has 124 valence electrons. The number of imidazole rings is 1. The zero-order chi connectivity index (χ0) is 17.4. The summed E-state index contributed by atoms with van der Waals surface area (Å²) in [6, 6.07) is 8.51. The van der Waals surface area contributed by atoms with Gasteiger partial charge in [0.15, 0.2) is 4.96 Å². The molecule has 0 atom stereocenters. The van der Waals surface area contributed by atoms with Gasteiger partial charge in [-0.15, -0.1) is 11.3 Å². The summed E-state index contributed by atoms with van der Waals surface area (Å²) >= 11 is 1.68. The first-order valence-electron chi connectivity index (χ1n) is 8.00. The van der Waals surface area contributed by atoms with Crippen LogP contribution in [0.4, 0.5) is 0 Å². The Morgan fingerprint density at radius 2 is 2.08 bits per heavy atom. The molecule has 0 amide bonds. The minimum absolute atomic E-state index is 0.297. The number of aryl methyl sites for hydroxylation is 2. The SMILES string of the molecule is COc1ccc(-c2c(C)sc3nc(C(C)C)c(CC#N)n23)cc1C. The van der Waals surface area contributed by atoms with E-state index in [0.717, 1.165) is 38.9 Å². The fourth-order valence-corrected chi connectivity index (χ4v) is 4.17. The summed E-state index contributed by atoms with van der Waals surface area (Å²) in [6.07, 6.45) is 0.368. The molecule has 0 aliphatic carbocycles. The fourth-order valence-electron chi connectivity index (χ4n) is 3.15. The van der Waals surface area contributed by atoms with Crippen molar-refractivity contribution in [3.8, 4) is 23.1 Å². The van der Waals surface area contributed by atoms with Crippen molar-refractivity contribution < 1.29 is 4.74 Å². The third kappa shape index (κ3) is 2.57. The van der Waals surface area contributed by atoms with Gasteiger partial charge in [0, 0.05) is 10.4 Å². The largest absolute Gasteiger partial charge is 0.496 e. The predicted molar refractivity (Wildman–Crippen MR) is 97.9 cm³/mol. The Bertz CT molecular complexity index is 944. The van der Waals surface area contributed by atoms with Crippen molar-refractivity contribution in [3.05, 3.63) is 40.0 Å². The highest BCUT2D eigenvalue weighted by Crippen LogP contribution is 2.36. The van der Waals surface area contributed by atoms with Crippen LogP contribution in [0.1, 0.15) is 41.6 Å². The fraction of sp³-hybridized carbons (Fsp3) is 0.368. The number of rotatable bonds is 4. The quantitative estimate of drug-likeness (QED) is 0.681. The minimum atomic E-state index is 0.297. The summed E-state index contributed by atoms with van der Waals surface area (Å²) in [4.78, 5) is 6.97. The third-order valence-electron chi connectivity index (χ3n) is 4.24. The van der Waals surface area contributed by atoms with E-state index in [2.05, 4.69) is 43.4 Å². The van der Waals surface area contributed by atoms with Gasteiger partial charge in [-0.2, -0.15) is 5.26 Å². The molecule has 1 aromatic carbocycles. The van der Waals surface area contributed by atoms with E-state index in [9.17, 15) is 5.26 Å². The number of ether oxygens (including phenoxy) is 1. The maximum Gasteiger partial charge on any atom is 0.194 e. The molecule has 0 saturated carbocycles. The van der Waals surface area contributed by atoms with Gasteiger partial charge in [0.25, 0.3) is 0 Å². The normalized spacial score (nSPS) is 11.2. The molecule has 2 heterocycles. The number of thiazole rings is 1. The van der Waals surface area contributed by atoms with Gasteiger partial charge in [-0.3, -0.25) is 4.40 Å². The number of fused-ring (bicyclic) bond motifs is 1. The maximum atomic E-state index is 9.28. The Morgan fingerprint density at radius 1 is 1.33 bits per heavy atom. The highest BCUT2D eigenvalue weighted by Gasteiger charge is 2.21. The second-order valence-corrected chi connectivity index (χ2v) is 7.42. The molecule has 0 aliphatic heterocycles. The number of hydrogen-bond acceptors (Lipinski definition) is 4. The predicted octanol–water partition coefficient (Wildman–Crippen LogP) is 4.88. The second kappa shape index (κ2) is 6.29. The Labute approximate surface area is 146 Å². The third-order valence-corrected chi connectivity index (χ3v) is 5.19. The van der Waals surface area contributed by atoms with E-state index < -0.39 is 0 Å². The molecule has 24 heavy (non-hydrogen) atoms. The Morgan fingerprint density at radius 3 is 2.67 bits per heavy atom. The zero-order valence-corrected chi connectivity index (χ0v) is 15.5. The van der Waals surface area contributed by atoms with E-state index in [4.69, 9.17) is 9.72 Å². The molecule has 0 unspecified atom stereocenters. The van der Waals surface area contributed by atoms with Gasteiger partial charge in [0.1, 0.15) is 5.75 Å². The lowest BCUT2D eigenvalue weighted by molar-refractivity contribution is 0.412. The van der Waals surface area contributed by atoms with Crippen molar-refractivity contribution in [1.29, 1.82) is 5.26 Å². The van der Waals surface area contributed by atoms with Crippen LogP contribution < -0.4 is 4.74 Å². The van der Waals surface area contributed by atoms with Crippen molar-refractivity contribution >= 4 is 16.3 Å². The van der Waals surface area contributed by atoms with Gasteiger partial charge < -0.3 is 4.74 Å². The molecule has 5 heteroatoms. The van der Waals surface area contributed by atoms with Crippen molar-refractivity contribution in [2.24, 2.45) is 0 Å². The van der Waals surface area contributed by atoms with Crippen LogP contribution in [-0.4, -0.2) is 16.5 Å². The van der Waals surface area contributed by atoms with Crippen LogP contribution in [0, 0.1) is 25.2 Å².